The normalized spacial score (nSPS) is 13.0. The molecule has 0 fully saturated rings. The van der Waals surface area contributed by atoms with Crippen molar-refractivity contribution in [2.24, 2.45) is 0 Å². The summed E-state index contributed by atoms with van der Waals surface area (Å²) in [6.07, 6.45) is 4.15. The third-order valence-electron chi connectivity index (χ3n) is 2.00. The Hall–Kier alpha value is -1.22. The molecule has 0 radical (unpaired) electrons. The molecule has 74 valence electrons. The third kappa shape index (κ3) is 1.99. The zero-order valence-corrected chi connectivity index (χ0v) is 8.58. The van der Waals surface area contributed by atoms with Gasteiger partial charge in [-0.05, 0) is 19.1 Å². The Morgan fingerprint density at radius 1 is 1.57 bits per heavy atom. The molecule has 2 heterocycles. The van der Waals surface area contributed by atoms with Gasteiger partial charge >= 0.3 is 0 Å². The summed E-state index contributed by atoms with van der Waals surface area (Å²) in [6.45, 7) is 1.90. The smallest absolute Gasteiger partial charge is 0.122 e. The van der Waals surface area contributed by atoms with E-state index in [-0.39, 0.29) is 5.38 Å². The maximum absolute atomic E-state index is 6.16. The quantitative estimate of drug-likeness (QED) is 0.792. The van der Waals surface area contributed by atoms with Crippen LogP contribution in [-0.2, 0) is 6.42 Å². The predicted molar refractivity (Wildman–Crippen MR) is 54.3 cm³/mol. The molecule has 2 aromatic rings. The summed E-state index contributed by atoms with van der Waals surface area (Å²) in [6, 6.07) is 3.81. The number of aryl methyl sites for hydroxylation is 1. The van der Waals surface area contributed by atoms with Crippen LogP contribution >= 0.6 is 11.6 Å². The molecule has 0 bridgehead atoms. The fourth-order valence-electron chi connectivity index (χ4n) is 1.30. The highest BCUT2D eigenvalue weighted by Gasteiger charge is 2.13. The van der Waals surface area contributed by atoms with E-state index in [4.69, 9.17) is 16.0 Å². The number of rotatable bonds is 3. The van der Waals surface area contributed by atoms with Crippen LogP contribution in [0.1, 0.15) is 22.7 Å². The number of nitrogens with zero attached hydrogens (tertiary/aromatic N) is 1. The molecule has 2 rings (SSSR count). The molecule has 2 aromatic heterocycles. The minimum Gasteiger partial charge on any atom is -0.465 e. The van der Waals surface area contributed by atoms with Gasteiger partial charge in [-0.2, -0.15) is 0 Å². The Bertz CT molecular complexity index is 394. The van der Waals surface area contributed by atoms with E-state index in [1.54, 1.807) is 12.4 Å². The van der Waals surface area contributed by atoms with Crippen molar-refractivity contribution in [2.75, 3.05) is 0 Å². The number of alkyl halides is 1. The molecule has 3 nitrogen and oxygen atoms in total. The van der Waals surface area contributed by atoms with Crippen LogP contribution in [0.2, 0.25) is 0 Å². The van der Waals surface area contributed by atoms with Crippen molar-refractivity contribution >= 4 is 11.6 Å². The third-order valence-corrected chi connectivity index (χ3v) is 2.37. The number of halogens is 1. The molecule has 0 aromatic carbocycles. The molecule has 1 N–H and O–H groups in total. The number of furan rings is 1. The van der Waals surface area contributed by atoms with Crippen molar-refractivity contribution in [1.82, 2.24) is 9.97 Å². The van der Waals surface area contributed by atoms with Crippen LogP contribution < -0.4 is 0 Å². The fourth-order valence-corrected chi connectivity index (χ4v) is 1.57. The minimum absolute atomic E-state index is 0.158. The largest absolute Gasteiger partial charge is 0.465 e. The number of aromatic amines is 1. The van der Waals surface area contributed by atoms with E-state index >= 15 is 0 Å². The van der Waals surface area contributed by atoms with Crippen molar-refractivity contribution in [3.05, 3.63) is 41.9 Å². The van der Waals surface area contributed by atoms with Gasteiger partial charge in [0.05, 0.1) is 5.38 Å². The Balaban J connectivity index is 2.06. The number of aromatic nitrogens is 2. The molecule has 4 heteroatoms. The molecule has 0 aliphatic carbocycles. The van der Waals surface area contributed by atoms with Gasteiger partial charge < -0.3 is 9.40 Å². The van der Waals surface area contributed by atoms with Gasteiger partial charge in [0.2, 0.25) is 0 Å². The standard InChI is InChI=1S/C10H11ClN2O/c1-7-2-3-9(14-7)8(11)6-10-12-4-5-13-10/h2-5,8H,6H2,1H3,(H,12,13). The summed E-state index contributed by atoms with van der Waals surface area (Å²) in [4.78, 5) is 7.11. The number of nitrogens with one attached hydrogen (secondary N) is 1. The topological polar surface area (TPSA) is 41.8 Å². The fraction of sp³-hybridized carbons (Fsp3) is 0.300. The molecule has 0 spiro atoms. The molecule has 1 atom stereocenters. The number of imidazole rings is 1. The van der Waals surface area contributed by atoms with Gasteiger partial charge in [-0.25, -0.2) is 4.98 Å². The number of hydrogen-bond acceptors (Lipinski definition) is 2. The Morgan fingerprint density at radius 2 is 2.43 bits per heavy atom. The second-order valence-electron chi connectivity index (χ2n) is 3.16. The average Bonchev–Trinajstić information content (AvgIpc) is 2.75. The highest BCUT2D eigenvalue weighted by atomic mass is 35.5. The monoisotopic (exact) mass is 210 g/mol. The molecule has 14 heavy (non-hydrogen) atoms. The van der Waals surface area contributed by atoms with E-state index in [0.717, 1.165) is 17.3 Å². The second kappa shape index (κ2) is 3.88. The van der Waals surface area contributed by atoms with Crippen LogP contribution in [0.25, 0.3) is 0 Å². The summed E-state index contributed by atoms with van der Waals surface area (Å²) >= 11 is 6.16. The minimum atomic E-state index is -0.158. The van der Waals surface area contributed by atoms with Gasteiger partial charge in [0.15, 0.2) is 0 Å². The first-order valence-corrected chi connectivity index (χ1v) is 4.88. The van der Waals surface area contributed by atoms with E-state index in [2.05, 4.69) is 9.97 Å². The summed E-state index contributed by atoms with van der Waals surface area (Å²) in [5.41, 5.74) is 0. The first-order chi connectivity index (χ1) is 6.75. The molecule has 0 aliphatic rings. The Kier molecular flexibility index (Phi) is 2.59. The van der Waals surface area contributed by atoms with E-state index in [0.29, 0.717) is 6.42 Å². The van der Waals surface area contributed by atoms with Crippen LogP contribution in [0, 0.1) is 6.92 Å². The molecule has 1 unspecified atom stereocenters. The van der Waals surface area contributed by atoms with Crippen molar-refractivity contribution < 1.29 is 4.42 Å². The van der Waals surface area contributed by atoms with Crippen molar-refractivity contribution in [2.45, 2.75) is 18.7 Å². The number of H-pyrrole nitrogens is 1. The lowest BCUT2D eigenvalue weighted by atomic mass is 10.2. The van der Waals surface area contributed by atoms with E-state index in [9.17, 15) is 0 Å². The molecule has 0 saturated carbocycles. The molecular formula is C10H11ClN2O. The summed E-state index contributed by atoms with van der Waals surface area (Å²) in [5.74, 6) is 2.55. The van der Waals surface area contributed by atoms with E-state index < -0.39 is 0 Å². The second-order valence-corrected chi connectivity index (χ2v) is 3.68. The summed E-state index contributed by atoms with van der Waals surface area (Å²) in [7, 11) is 0. The van der Waals surface area contributed by atoms with Crippen molar-refractivity contribution in [3.63, 3.8) is 0 Å². The van der Waals surface area contributed by atoms with Crippen LogP contribution in [0.4, 0.5) is 0 Å². The summed E-state index contributed by atoms with van der Waals surface area (Å²) in [5, 5.41) is -0.158. The lowest BCUT2D eigenvalue weighted by molar-refractivity contribution is 0.475. The van der Waals surface area contributed by atoms with E-state index in [1.165, 1.54) is 0 Å². The summed E-state index contributed by atoms with van der Waals surface area (Å²) < 4.78 is 5.42. The SMILES string of the molecule is Cc1ccc(C(Cl)Cc2ncc[nH]2)o1. The van der Waals surface area contributed by atoms with Crippen LogP contribution in [0.3, 0.4) is 0 Å². The maximum Gasteiger partial charge on any atom is 0.122 e. The van der Waals surface area contributed by atoms with Gasteiger partial charge in [-0.15, -0.1) is 11.6 Å². The first-order valence-electron chi connectivity index (χ1n) is 4.44. The van der Waals surface area contributed by atoms with Gasteiger partial charge in [-0.1, -0.05) is 0 Å². The lowest BCUT2D eigenvalue weighted by Gasteiger charge is -2.03. The molecule has 0 aliphatic heterocycles. The highest BCUT2D eigenvalue weighted by Crippen LogP contribution is 2.25. The molecule has 0 saturated heterocycles. The zero-order chi connectivity index (χ0) is 9.97. The average molecular weight is 211 g/mol. The predicted octanol–water partition coefficient (Wildman–Crippen LogP) is 2.83. The zero-order valence-electron chi connectivity index (χ0n) is 7.83. The lowest BCUT2D eigenvalue weighted by Crippen LogP contribution is -1.96. The molecular weight excluding hydrogens is 200 g/mol. The van der Waals surface area contributed by atoms with Gasteiger partial charge in [-0.3, -0.25) is 0 Å². The van der Waals surface area contributed by atoms with Gasteiger partial charge in [0, 0.05) is 18.8 Å². The highest BCUT2D eigenvalue weighted by molar-refractivity contribution is 6.20. The Labute approximate surface area is 87.1 Å². The van der Waals surface area contributed by atoms with Gasteiger partial charge in [0.25, 0.3) is 0 Å². The first kappa shape index (κ1) is 9.34. The van der Waals surface area contributed by atoms with Crippen LogP contribution in [0.5, 0.6) is 0 Å². The Morgan fingerprint density at radius 3 is 3.00 bits per heavy atom. The number of hydrogen-bond donors (Lipinski definition) is 1. The van der Waals surface area contributed by atoms with Crippen molar-refractivity contribution in [1.29, 1.82) is 0 Å². The maximum atomic E-state index is 6.16. The van der Waals surface area contributed by atoms with E-state index in [1.807, 2.05) is 19.1 Å². The molecule has 0 amide bonds. The van der Waals surface area contributed by atoms with Crippen LogP contribution in [0.15, 0.2) is 28.9 Å². The van der Waals surface area contributed by atoms with Crippen molar-refractivity contribution in [3.8, 4) is 0 Å². The van der Waals surface area contributed by atoms with Gasteiger partial charge in [0.1, 0.15) is 17.3 Å². The van der Waals surface area contributed by atoms with Crippen LogP contribution in [-0.4, -0.2) is 9.97 Å².